The van der Waals surface area contributed by atoms with E-state index < -0.39 is 5.60 Å². The van der Waals surface area contributed by atoms with Crippen LogP contribution >= 0.6 is 0 Å². The van der Waals surface area contributed by atoms with Gasteiger partial charge in [0.05, 0.1) is 6.54 Å². The highest BCUT2D eigenvalue weighted by Gasteiger charge is 2.38. The van der Waals surface area contributed by atoms with Gasteiger partial charge in [-0.05, 0) is 6.92 Å². The first-order chi connectivity index (χ1) is 7.80. The monoisotopic (exact) mass is 226 g/mol. The van der Waals surface area contributed by atoms with E-state index in [9.17, 15) is 0 Å². The average molecular weight is 226 g/mol. The molecule has 1 saturated heterocycles. The fraction of sp³-hybridized carbons (Fsp3) is 0.800. The Morgan fingerprint density at radius 3 is 2.81 bits per heavy atom. The summed E-state index contributed by atoms with van der Waals surface area (Å²) in [5.74, 6) is 1.40. The van der Waals surface area contributed by atoms with Gasteiger partial charge < -0.3 is 15.2 Å². The molecule has 16 heavy (non-hydrogen) atoms. The maximum absolute atomic E-state index is 5.85. The minimum absolute atomic E-state index is 0.367. The zero-order valence-corrected chi connectivity index (χ0v) is 9.53. The molecule has 1 aromatic rings. The average Bonchev–Trinajstić information content (AvgIpc) is 2.80. The first-order valence-electron chi connectivity index (χ1n) is 5.64. The van der Waals surface area contributed by atoms with Gasteiger partial charge in [-0.2, -0.15) is 5.10 Å². The number of aromatic nitrogens is 3. The summed E-state index contributed by atoms with van der Waals surface area (Å²) in [7, 11) is 0. The van der Waals surface area contributed by atoms with Crippen molar-refractivity contribution in [1.82, 2.24) is 15.2 Å². The van der Waals surface area contributed by atoms with E-state index in [0.29, 0.717) is 38.0 Å². The van der Waals surface area contributed by atoms with Crippen LogP contribution in [-0.4, -0.2) is 35.0 Å². The fourth-order valence-corrected chi connectivity index (χ4v) is 2.00. The maximum atomic E-state index is 5.85. The Labute approximate surface area is 94.5 Å². The number of nitrogens with one attached hydrogen (secondary N) is 1. The minimum Gasteiger partial charge on any atom is -0.381 e. The SMILES string of the molecule is CCOC1(c2n[nH]c(CN)n2)CCOCC1. The van der Waals surface area contributed by atoms with Gasteiger partial charge in [0.1, 0.15) is 11.4 Å². The van der Waals surface area contributed by atoms with Gasteiger partial charge in [0.25, 0.3) is 0 Å². The highest BCUT2D eigenvalue weighted by Crippen LogP contribution is 2.33. The Kier molecular flexibility index (Phi) is 3.52. The van der Waals surface area contributed by atoms with Gasteiger partial charge >= 0.3 is 0 Å². The topological polar surface area (TPSA) is 86.0 Å². The van der Waals surface area contributed by atoms with Crippen LogP contribution in [0.5, 0.6) is 0 Å². The predicted octanol–water partition coefficient (Wildman–Crippen LogP) is 0.306. The lowest BCUT2D eigenvalue weighted by atomic mass is 9.93. The third-order valence-electron chi connectivity index (χ3n) is 2.85. The lowest BCUT2D eigenvalue weighted by Crippen LogP contribution is -2.37. The van der Waals surface area contributed by atoms with E-state index in [1.54, 1.807) is 0 Å². The van der Waals surface area contributed by atoms with Gasteiger partial charge in [0, 0.05) is 32.7 Å². The van der Waals surface area contributed by atoms with Crippen molar-refractivity contribution in [2.24, 2.45) is 5.73 Å². The van der Waals surface area contributed by atoms with Crippen LogP contribution in [0.15, 0.2) is 0 Å². The normalized spacial score (nSPS) is 19.9. The van der Waals surface area contributed by atoms with E-state index in [-0.39, 0.29) is 0 Å². The fourth-order valence-electron chi connectivity index (χ4n) is 2.00. The lowest BCUT2D eigenvalue weighted by molar-refractivity contribution is -0.117. The molecular weight excluding hydrogens is 208 g/mol. The molecule has 0 amide bonds. The molecule has 0 unspecified atom stereocenters. The summed E-state index contributed by atoms with van der Waals surface area (Å²) < 4.78 is 11.2. The number of rotatable bonds is 4. The highest BCUT2D eigenvalue weighted by molar-refractivity contribution is 5.04. The van der Waals surface area contributed by atoms with Gasteiger partial charge in [-0.15, -0.1) is 0 Å². The van der Waals surface area contributed by atoms with Crippen LogP contribution in [-0.2, 0) is 21.6 Å². The number of nitrogens with two attached hydrogens (primary N) is 1. The van der Waals surface area contributed by atoms with Crippen LogP contribution in [0.25, 0.3) is 0 Å². The quantitative estimate of drug-likeness (QED) is 0.771. The molecule has 2 rings (SSSR count). The molecule has 0 saturated carbocycles. The summed E-state index contributed by atoms with van der Waals surface area (Å²) in [5, 5.41) is 7.03. The Balaban J connectivity index is 2.23. The number of H-pyrrole nitrogens is 1. The summed E-state index contributed by atoms with van der Waals surface area (Å²) >= 11 is 0. The molecule has 0 bridgehead atoms. The predicted molar refractivity (Wildman–Crippen MR) is 57.6 cm³/mol. The molecule has 6 heteroatoms. The molecule has 1 aliphatic rings. The zero-order valence-electron chi connectivity index (χ0n) is 9.53. The van der Waals surface area contributed by atoms with E-state index in [1.165, 1.54) is 0 Å². The summed E-state index contributed by atoms with van der Waals surface area (Å²) in [6, 6.07) is 0. The second kappa shape index (κ2) is 4.90. The van der Waals surface area contributed by atoms with Crippen molar-refractivity contribution in [2.75, 3.05) is 19.8 Å². The van der Waals surface area contributed by atoms with Crippen LogP contribution in [0, 0.1) is 0 Å². The van der Waals surface area contributed by atoms with Crippen molar-refractivity contribution in [3.05, 3.63) is 11.6 Å². The van der Waals surface area contributed by atoms with Crippen molar-refractivity contribution < 1.29 is 9.47 Å². The van der Waals surface area contributed by atoms with E-state index in [2.05, 4.69) is 15.2 Å². The molecule has 0 spiro atoms. The smallest absolute Gasteiger partial charge is 0.182 e. The van der Waals surface area contributed by atoms with E-state index in [0.717, 1.165) is 12.8 Å². The molecule has 1 fully saturated rings. The lowest BCUT2D eigenvalue weighted by Gasteiger charge is -2.34. The molecule has 0 atom stereocenters. The summed E-state index contributed by atoms with van der Waals surface area (Å²) in [5.41, 5.74) is 5.12. The molecule has 3 N–H and O–H groups in total. The minimum atomic E-state index is -0.392. The molecule has 0 aliphatic carbocycles. The first-order valence-corrected chi connectivity index (χ1v) is 5.64. The van der Waals surface area contributed by atoms with Crippen molar-refractivity contribution >= 4 is 0 Å². The van der Waals surface area contributed by atoms with Crippen molar-refractivity contribution in [2.45, 2.75) is 31.9 Å². The Bertz CT molecular complexity index is 328. The van der Waals surface area contributed by atoms with Gasteiger partial charge in [-0.3, -0.25) is 5.10 Å². The third kappa shape index (κ3) is 2.09. The van der Waals surface area contributed by atoms with Crippen molar-refractivity contribution in [1.29, 1.82) is 0 Å². The number of hydrogen-bond acceptors (Lipinski definition) is 5. The standard InChI is InChI=1S/C10H18N4O2/c1-2-16-10(3-5-15-6-4-10)9-12-8(7-11)13-14-9/h2-7,11H2,1H3,(H,12,13,14). The third-order valence-corrected chi connectivity index (χ3v) is 2.85. The van der Waals surface area contributed by atoms with Gasteiger partial charge in [-0.1, -0.05) is 0 Å². The molecular formula is C10H18N4O2. The summed E-state index contributed by atoms with van der Waals surface area (Å²) in [6.45, 7) is 4.37. The second-order valence-corrected chi connectivity index (χ2v) is 3.85. The zero-order chi connectivity index (χ0) is 11.4. The van der Waals surface area contributed by atoms with E-state index in [1.807, 2.05) is 6.92 Å². The molecule has 1 aliphatic heterocycles. The molecule has 0 aromatic carbocycles. The maximum Gasteiger partial charge on any atom is 0.182 e. The number of nitrogens with zero attached hydrogens (tertiary/aromatic N) is 2. The van der Waals surface area contributed by atoms with Gasteiger partial charge in [0.15, 0.2) is 5.82 Å². The molecule has 2 heterocycles. The molecule has 0 radical (unpaired) electrons. The summed E-state index contributed by atoms with van der Waals surface area (Å²) in [6.07, 6.45) is 1.59. The van der Waals surface area contributed by atoms with Crippen molar-refractivity contribution in [3.8, 4) is 0 Å². The van der Waals surface area contributed by atoms with Crippen molar-refractivity contribution in [3.63, 3.8) is 0 Å². The largest absolute Gasteiger partial charge is 0.381 e. The number of aromatic amines is 1. The molecule has 90 valence electrons. The Morgan fingerprint density at radius 1 is 1.50 bits per heavy atom. The summed E-state index contributed by atoms with van der Waals surface area (Å²) in [4.78, 5) is 4.37. The number of hydrogen-bond donors (Lipinski definition) is 2. The second-order valence-electron chi connectivity index (χ2n) is 3.85. The van der Waals surface area contributed by atoms with E-state index >= 15 is 0 Å². The van der Waals surface area contributed by atoms with Crippen LogP contribution in [0.2, 0.25) is 0 Å². The Hall–Kier alpha value is -0.980. The van der Waals surface area contributed by atoms with Gasteiger partial charge in [0.2, 0.25) is 0 Å². The molecule has 1 aromatic heterocycles. The van der Waals surface area contributed by atoms with E-state index in [4.69, 9.17) is 15.2 Å². The van der Waals surface area contributed by atoms with Crippen LogP contribution in [0.4, 0.5) is 0 Å². The van der Waals surface area contributed by atoms with Crippen LogP contribution < -0.4 is 5.73 Å². The van der Waals surface area contributed by atoms with Crippen LogP contribution in [0.1, 0.15) is 31.4 Å². The molecule has 6 nitrogen and oxygen atoms in total. The van der Waals surface area contributed by atoms with Gasteiger partial charge in [-0.25, -0.2) is 4.98 Å². The number of ether oxygens (including phenoxy) is 2. The Morgan fingerprint density at radius 2 is 2.25 bits per heavy atom. The van der Waals surface area contributed by atoms with Crippen LogP contribution in [0.3, 0.4) is 0 Å². The first kappa shape index (κ1) is 11.5. The highest BCUT2D eigenvalue weighted by atomic mass is 16.5.